The largest absolute Gasteiger partial charge is 0.441 e. The van der Waals surface area contributed by atoms with Crippen molar-refractivity contribution < 1.29 is 27.5 Å². The van der Waals surface area contributed by atoms with Crippen LogP contribution in [0.4, 0.5) is 18.9 Å². The van der Waals surface area contributed by atoms with Crippen LogP contribution in [0.25, 0.3) is 11.1 Å². The molecule has 2 aromatic heterocycles. The second kappa shape index (κ2) is 6.36. The molecule has 0 aliphatic carbocycles. The zero-order valence-electron chi connectivity index (χ0n) is 13.7. The van der Waals surface area contributed by atoms with E-state index in [0.29, 0.717) is 34.0 Å². The fourth-order valence-electron chi connectivity index (χ4n) is 2.40. The number of thiazole rings is 1. The third kappa shape index (κ3) is 3.42. The van der Waals surface area contributed by atoms with Gasteiger partial charge >= 0.3 is 6.18 Å². The molecular weight excluding hydrogens is 371 g/mol. The molecule has 2 N–H and O–H groups in total. The molecule has 26 heavy (non-hydrogen) atoms. The van der Waals surface area contributed by atoms with Crippen molar-refractivity contribution in [2.75, 3.05) is 5.32 Å². The number of anilines is 1. The van der Waals surface area contributed by atoms with Crippen molar-refractivity contribution in [2.45, 2.75) is 32.0 Å². The Labute approximate surface area is 149 Å². The minimum absolute atomic E-state index is 0.246. The van der Waals surface area contributed by atoms with Crippen LogP contribution in [-0.2, 0) is 10.4 Å². The molecule has 0 spiro atoms. The first-order valence-corrected chi connectivity index (χ1v) is 8.35. The molecule has 10 heteroatoms. The van der Waals surface area contributed by atoms with Crippen molar-refractivity contribution in [3.63, 3.8) is 0 Å². The lowest BCUT2D eigenvalue weighted by Gasteiger charge is -2.27. The van der Waals surface area contributed by atoms with Crippen LogP contribution in [0.3, 0.4) is 0 Å². The normalized spacial score (nSPS) is 14.4. The van der Waals surface area contributed by atoms with Gasteiger partial charge in [0.15, 0.2) is 11.5 Å². The van der Waals surface area contributed by atoms with Crippen LogP contribution >= 0.6 is 11.3 Å². The molecule has 0 bridgehead atoms. The predicted octanol–water partition coefficient (Wildman–Crippen LogP) is 3.68. The van der Waals surface area contributed by atoms with Gasteiger partial charge in [0.1, 0.15) is 10.5 Å². The highest BCUT2D eigenvalue weighted by Crippen LogP contribution is 2.43. The van der Waals surface area contributed by atoms with Gasteiger partial charge in [-0.2, -0.15) is 13.2 Å². The molecule has 0 saturated heterocycles. The summed E-state index contributed by atoms with van der Waals surface area (Å²) in [6, 6.07) is 4.50. The van der Waals surface area contributed by atoms with E-state index in [-0.39, 0.29) is 5.69 Å². The molecule has 1 atom stereocenters. The third-order valence-electron chi connectivity index (χ3n) is 3.64. The Bertz CT molecular complexity index is 966. The highest BCUT2D eigenvalue weighted by molar-refractivity contribution is 7.09. The van der Waals surface area contributed by atoms with E-state index in [4.69, 9.17) is 4.42 Å². The first-order chi connectivity index (χ1) is 12.1. The van der Waals surface area contributed by atoms with Gasteiger partial charge in [-0.25, -0.2) is 9.97 Å². The number of oxazole rings is 1. The van der Waals surface area contributed by atoms with Crippen molar-refractivity contribution in [3.05, 3.63) is 40.2 Å². The first-order valence-electron chi connectivity index (χ1n) is 7.47. The van der Waals surface area contributed by atoms with Gasteiger partial charge in [0.05, 0.1) is 6.42 Å². The zero-order chi connectivity index (χ0) is 19.1. The number of carbonyl (C=O) groups is 1. The summed E-state index contributed by atoms with van der Waals surface area (Å²) in [5.41, 5.74) is -1.83. The van der Waals surface area contributed by atoms with Crippen LogP contribution in [-0.4, -0.2) is 27.2 Å². The van der Waals surface area contributed by atoms with E-state index in [9.17, 15) is 23.1 Å². The summed E-state index contributed by atoms with van der Waals surface area (Å²) in [6.07, 6.45) is -6.26. The quantitative estimate of drug-likeness (QED) is 0.715. The number of amides is 1. The van der Waals surface area contributed by atoms with E-state index in [1.807, 2.05) is 0 Å². The van der Waals surface area contributed by atoms with Crippen LogP contribution in [0.2, 0.25) is 0 Å². The molecule has 3 rings (SSSR count). The van der Waals surface area contributed by atoms with E-state index >= 15 is 0 Å². The maximum absolute atomic E-state index is 13.4. The summed E-state index contributed by atoms with van der Waals surface area (Å²) in [5.74, 6) is -0.577. The topological polar surface area (TPSA) is 88.2 Å². The smallest absolute Gasteiger partial charge is 0.424 e. The highest BCUT2D eigenvalue weighted by atomic mass is 32.1. The Balaban J connectivity index is 1.83. The van der Waals surface area contributed by atoms with Gasteiger partial charge in [0, 0.05) is 23.7 Å². The lowest BCUT2D eigenvalue weighted by atomic mass is 9.99. The molecule has 6 nitrogen and oxygen atoms in total. The van der Waals surface area contributed by atoms with Gasteiger partial charge in [-0.1, -0.05) is 0 Å². The maximum Gasteiger partial charge on any atom is 0.424 e. The second-order valence-electron chi connectivity index (χ2n) is 5.79. The average molecular weight is 385 g/mol. The fraction of sp³-hybridized carbons (Fsp3) is 0.312. The number of hydrogen-bond donors (Lipinski definition) is 2. The number of rotatable bonds is 4. The average Bonchev–Trinajstić information content (AvgIpc) is 3.10. The van der Waals surface area contributed by atoms with Crippen LogP contribution in [0.1, 0.15) is 23.0 Å². The second-order valence-corrected chi connectivity index (χ2v) is 6.65. The molecule has 0 radical (unpaired) electrons. The van der Waals surface area contributed by atoms with Crippen LogP contribution in [0, 0.1) is 13.8 Å². The van der Waals surface area contributed by atoms with Gasteiger partial charge in [-0.15, -0.1) is 11.3 Å². The number of aryl methyl sites for hydroxylation is 2. The highest BCUT2D eigenvalue weighted by Gasteiger charge is 2.58. The van der Waals surface area contributed by atoms with Crippen molar-refractivity contribution >= 4 is 34.0 Å². The summed E-state index contributed by atoms with van der Waals surface area (Å²) >= 11 is 0.653. The maximum atomic E-state index is 13.4. The van der Waals surface area contributed by atoms with E-state index in [2.05, 4.69) is 15.3 Å². The number of alkyl halides is 3. The van der Waals surface area contributed by atoms with Gasteiger partial charge < -0.3 is 14.8 Å². The lowest BCUT2D eigenvalue weighted by molar-refractivity contribution is -0.266. The molecule has 0 aliphatic rings. The standard InChI is InChI=1S/C16H14F3N3O3S/c1-8-7-26-14(20-8)15(24,16(17,18)19)6-13(23)22-10-3-4-12-11(5-10)21-9(2)25-12/h3-5,7,24H,6H2,1-2H3,(H,22,23)/t15-/m1/s1. The molecule has 0 aliphatic heterocycles. The van der Waals surface area contributed by atoms with E-state index < -0.39 is 29.1 Å². The SMILES string of the molecule is Cc1csc([C@](O)(CC(=O)Nc2ccc3oc(C)nc3c2)C(F)(F)F)n1. The summed E-state index contributed by atoms with van der Waals surface area (Å²) in [5, 5.41) is 13.3. The van der Waals surface area contributed by atoms with Crippen LogP contribution in [0.5, 0.6) is 0 Å². The summed E-state index contributed by atoms with van der Waals surface area (Å²) < 4.78 is 45.6. The Hall–Kier alpha value is -2.46. The zero-order valence-corrected chi connectivity index (χ0v) is 14.5. The van der Waals surface area contributed by atoms with Crippen LogP contribution in [0.15, 0.2) is 28.0 Å². The molecule has 2 heterocycles. The van der Waals surface area contributed by atoms with E-state index in [1.54, 1.807) is 13.0 Å². The number of hydrogen-bond acceptors (Lipinski definition) is 6. The van der Waals surface area contributed by atoms with Gasteiger partial charge in [-0.05, 0) is 25.1 Å². The van der Waals surface area contributed by atoms with Crippen molar-refractivity contribution in [1.82, 2.24) is 9.97 Å². The van der Waals surface area contributed by atoms with Gasteiger partial charge in [0.25, 0.3) is 0 Å². The number of benzene rings is 1. The van der Waals surface area contributed by atoms with E-state index in [1.165, 1.54) is 24.4 Å². The minimum Gasteiger partial charge on any atom is -0.441 e. The number of nitrogens with zero attached hydrogens (tertiary/aromatic N) is 2. The Morgan fingerprint density at radius 2 is 2.04 bits per heavy atom. The summed E-state index contributed by atoms with van der Waals surface area (Å²) in [6.45, 7) is 3.16. The molecule has 0 fully saturated rings. The van der Waals surface area contributed by atoms with Gasteiger partial charge in [0.2, 0.25) is 11.5 Å². The van der Waals surface area contributed by atoms with Crippen LogP contribution < -0.4 is 5.32 Å². The lowest BCUT2D eigenvalue weighted by Crippen LogP contribution is -2.45. The number of aromatic nitrogens is 2. The minimum atomic E-state index is -5.05. The molecule has 0 saturated carbocycles. The monoisotopic (exact) mass is 385 g/mol. The summed E-state index contributed by atoms with van der Waals surface area (Å²) in [4.78, 5) is 19.9. The molecule has 0 unspecified atom stereocenters. The fourth-order valence-corrected chi connectivity index (χ4v) is 3.31. The Kier molecular flexibility index (Phi) is 4.49. The number of aliphatic hydroxyl groups is 1. The molecule has 1 amide bonds. The van der Waals surface area contributed by atoms with E-state index in [0.717, 1.165) is 0 Å². The Morgan fingerprint density at radius 1 is 1.31 bits per heavy atom. The first kappa shape index (κ1) is 18.3. The molecule has 138 valence electrons. The number of carbonyl (C=O) groups excluding carboxylic acids is 1. The summed E-state index contributed by atoms with van der Waals surface area (Å²) in [7, 11) is 0. The van der Waals surface area contributed by atoms with Crippen molar-refractivity contribution in [3.8, 4) is 0 Å². The van der Waals surface area contributed by atoms with Crippen molar-refractivity contribution in [2.24, 2.45) is 0 Å². The molecular formula is C16H14F3N3O3S. The van der Waals surface area contributed by atoms with Crippen molar-refractivity contribution in [1.29, 1.82) is 0 Å². The predicted molar refractivity (Wildman–Crippen MR) is 88.8 cm³/mol. The number of nitrogens with one attached hydrogen (secondary N) is 1. The number of halogens is 3. The molecule has 1 aromatic carbocycles. The third-order valence-corrected chi connectivity index (χ3v) is 4.75. The van der Waals surface area contributed by atoms with Gasteiger partial charge in [-0.3, -0.25) is 4.79 Å². The number of fused-ring (bicyclic) bond motifs is 1. The molecule has 3 aromatic rings. The Morgan fingerprint density at radius 3 is 2.65 bits per heavy atom.